The molecule has 0 saturated carbocycles. The van der Waals surface area contributed by atoms with E-state index < -0.39 is 23.8 Å². The zero-order chi connectivity index (χ0) is 74.7. The molecular weight excluding hydrogens is 1310 g/mol. The molecule has 0 aliphatic heterocycles. The van der Waals surface area contributed by atoms with E-state index in [4.69, 9.17) is 34.2 Å². The molecule has 7 heterocycles. The Kier molecular flexibility index (Phi) is 32.3. The average molecular weight is 1400 g/mol. The number of anilines is 12. The second-order valence-electron chi connectivity index (χ2n) is 20.6. The number of aryl methyl sites for hydroxylation is 1. The molecule has 0 atom stereocenters. The van der Waals surface area contributed by atoms with Crippen molar-refractivity contribution in [2.24, 2.45) is 17.4 Å². The molecule has 0 aliphatic carbocycles. The first-order valence-electron chi connectivity index (χ1n) is 30.9. The van der Waals surface area contributed by atoms with E-state index in [1.54, 1.807) is 125 Å². The van der Waals surface area contributed by atoms with Gasteiger partial charge in [-0.05, 0) is 111 Å². The fourth-order valence-corrected chi connectivity index (χ4v) is 8.58. The Morgan fingerprint density at radius 2 is 0.824 bits per heavy atom. The number of ketones is 1. The van der Waals surface area contributed by atoms with Crippen molar-refractivity contribution >= 4 is 98.5 Å². The summed E-state index contributed by atoms with van der Waals surface area (Å²) in [4.78, 5) is 73.5. The number of aliphatic hydroxyl groups is 1. The summed E-state index contributed by atoms with van der Waals surface area (Å²) >= 11 is 0. The molecule has 10 rings (SSSR count). The number of hydrazine groups is 1. The van der Waals surface area contributed by atoms with Crippen LogP contribution in [0.2, 0.25) is 0 Å². The zero-order valence-corrected chi connectivity index (χ0v) is 58.5. The fourth-order valence-electron chi connectivity index (χ4n) is 8.58. The Morgan fingerprint density at radius 1 is 0.461 bits per heavy atom. The van der Waals surface area contributed by atoms with Gasteiger partial charge in [-0.1, -0.05) is 42.5 Å². The van der Waals surface area contributed by atoms with Crippen LogP contribution in [0.1, 0.15) is 88.6 Å². The first-order chi connectivity index (χ1) is 49.2. The third-order valence-corrected chi connectivity index (χ3v) is 14.0. The quantitative estimate of drug-likeness (QED) is 0.0101. The minimum Gasteiger partial charge on any atom is -0.465 e. The van der Waals surface area contributed by atoms with Crippen LogP contribution in [0.25, 0.3) is 11.5 Å². The van der Waals surface area contributed by atoms with Gasteiger partial charge in [-0.2, -0.15) is 0 Å². The van der Waals surface area contributed by atoms with Crippen LogP contribution in [0.5, 0.6) is 0 Å². The normalized spacial score (nSPS) is 10.2. The van der Waals surface area contributed by atoms with Gasteiger partial charge < -0.3 is 82.1 Å². The highest BCUT2D eigenvalue weighted by Crippen LogP contribution is 2.33. The van der Waals surface area contributed by atoms with Crippen molar-refractivity contribution in [1.29, 1.82) is 0 Å². The van der Waals surface area contributed by atoms with Crippen LogP contribution in [0.15, 0.2) is 150 Å². The van der Waals surface area contributed by atoms with E-state index in [0.29, 0.717) is 91.8 Å². The van der Waals surface area contributed by atoms with Crippen molar-refractivity contribution in [3.8, 4) is 11.5 Å². The maximum atomic E-state index is 12.4. The molecule has 102 heavy (non-hydrogen) atoms. The Bertz CT molecular complexity index is 4170. The molecule has 0 spiro atoms. The monoisotopic (exact) mass is 1400 g/mol. The summed E-state index contributed by atoms with van der Waals surface area (Å²) in [6.07, 6.45) is 4.97. The number of benzene rings is 3. The third-order valence-electron chi connectivity index (χ3n) is 14.0. The molecule has 0 saturated heterocycles. The van der Waals surface area contributed by atoms with Gasteiger partial charge in [-0.15, -0.1) is 40.8 Å². The Balaban J connectivity index is 0.000000253. The number of rotatable bonds is 22. The van der Waals surface area contributed by atoms with Crippen LogP contribution in [0.3, 0.4) is 0 Å². The van der Waals surface area contributed by atoms with Gasteiger partial charge >= 0.3 is 5.97 Å². The van der Waals surface area contributed by atoms with Crippen LogP contribution < -0.4 is 65.3 Å². The van der Waals surface area contributed by atoms with Gasteiger partial charge in [0.2, 0.25) is 11.8 Å². The number of methoxy groups -OCH3 is 4. The molecule has 536 valence electrons. The van der Waals surface area contributed by atoms with E-state index in [1.165, 1.54) is 49.6 Å². The number of Topliss-reactive ketones (excluding diaryl/α,β-unsaturated/α-hetero) is 1. The number of pyridine rings is 3. The van der Waals surface area contributed by atoms with Gasteiger partial charge in [0.25, 0.3) is 23.7 Å². The molecule has 3 amide bonds. The SMILES string of the molecule is CCO.CNC(=O)c1nnc(Nc2ccccn2)cc1Nc1cccc(-c2nnc(C)o2)c1C.CNC(=O)c1nnc(Nc2ccccn2)cc1Nc1cccc(C(=O)CN)c1C.CNC(=O)c1nnc(Nc2ccccn2)cc1Nc1cccc(C(=O)OC)c1C.COC(C)(OC)OC.NN. The molecule has 10 aromatic rings. The summed E-state index contributed by atoms with van der Waals surface area (Å²) in [7, 11) is 10.5. The lowest BCUT2D eigenvalue weighted by Gasteiger charge is -2.23. The smallest absolute Gasteiger partial charge is 0.338 e. The minimum absolute atomic E-state index is 0.0806. The van der Waals surface area contributed by atoms with Gasteiger partial charge in [-0.3, -0.25) is 30.9 Å². The number of nitrogens with one attached hydrogen (secondary N) is 9. The second kappa shape index (κ2) is 41.1. The standard InChI is InChI=1S/C21H20N8O2.C20H21N7O2.C20H20N6O3.C5H12O3.C2H6O.H4N2/c1-12-14(21-29-26-13(2)31-21)7-6-8-15(12)24-16-11-18(25-17-9-4-5-10-23-17)27-28-19(16)20(30)22-3;1-12-13(16(28)11-21)6-5-7-14(12)24-15-10-18(25-17-8-3-4-9-23-17)26-27-19(15)20(29)22-2;1-12-13(20(28)29-3)7-6-8-14(12)23-15-11-17(24-16-9-4-5-10-22-16)25-26-18(15)19(27)21-2;1-5(6-2,7-3)8-4;1-2-3;1-2/h4-11H,1-3H3,(H,22,30)(H2,23,24,25,27);3-10H,11,21H2,1-2H3,(H,22,29)(H2,23,24,25,26);4-11H,1-3H3,(H,21,27)(H2,22,23,24,25);1-4H3;3H,2H2,1H3;1-2H2. The van der Waals surface area contributed by atoms with Crippen LogP contribution >= 0.6 is 0 Å². The number of carbonyl (C=O) groups is 5. The van der Waals surface area contributed by atoms with E-state index >= 15 is 0 Å². The Labute approximate surface area is 588 Å². The molecule has 0 unspecified atom stereocenters. The zero-order valence-electron chi connectivity index (χ0n) is 58.5. The summed E-state index contributed by atoms with van der Waals surface area (Å²) in [6, 6.07) is 37.5. The number of nitrogens with two attached hydrogens (primary N) is 3. The lowest BCUT2D eigenvalue weighted by Crippen LogP contribution is -2.31. The number of aromatic nitrogens is 11. The second-order valence-corrected chi connectivity index (χ2v) is 20.6. The molecule has 3 aromatic carbocycles. The van der Waals surface area contributed by atoms with Crippen molar-refractivity contribution in [2.75, 3.05) is 94.6 Å². The van der Waals surface area contributed by atoms with Crippen molar-refractivity contribution in [2.45, 2.75) is 47.5 Å². The van der Waals surface area contributed by atoms with Gasteiger partial charge in [0.05, 0.1) is 36.3 Å². The predicted molar refractivity (Wildman–Crippen MR) is 386 cm³/mol. The predicted octanol–water partition coefficient (Wildman–Crippen LogP) is 7.78. The average Bonchev–Trinajstić information content (AvgIpc) is 0.937. The molecule has 0 aliphatic rings. The highest BCUT2D eigenvalue weighted by molar-refractivity contribution is 6.02. The summed E-state index contributed by atoms with van der Waals surface area (Å²) < 4.78 is 24.8. The summed E-state index contributed by atoms with van der Waals surface area (Å²) in [5.74, 6) is 9.32. The summed E-state index contributed by atoms with van der Waals surface area (Å²) in [6.45, 7) is 10.8. The van der Waals surface area contributed by atoms with Crippen LogP contribution in [-0.4, -0.2) is 159 Å². The number of ether oxygens (including phenoxy) is 4. The van der Waals surface area contributed by atoms with E-state index in [0.717, 1.165) is 22.4 Å². The minimum atomic E-state index is -0.875. The molecule has 34 heteroatoms. The van der Waals surface area contributed by atoms with E-state index in [-0.39, 0.29) is 41.9 Å². The molecule has 34 nitrogen and oxygen atoms in total. The number of aliphatic hydroxyl groups excluding tert-OH is 1. The van der Waals surface area contributed by atoms with Crippen molar-refractivity contribution in [1.82, 2.24) is 71.7 Å². The van der Waals surface area contributed by atoms with E-state index in [2.05, 4.69) is 115 Å². The largest absolute Gasteiger partial charge is 0.465 e. The molecule has 16 N–H and O–H groups in total. The highest BCUT2D eigenvalue weighted by Gasteiger charge is 2.23. The number of nitrogens with zero attached hydrogens (tertiary/aromatic N) is 11. The first kappa shape index (κ1) is 80.2. The molecular formula is C68H83N23O11. The van der Waals surface area contributed by atoms with Crippen molar-refractivity contribution < 1.29 is 52.4 Å². The number of esters is 1. The molecule has 0 bridgehead atoms. The number of amides is 3. The number of carbonyl (C=O) groups excluding carboxylic acids is 5. The number of hydrogen-bond donors (Lipinski definition) is 13. The van der Waals surface area contributed by atoms with Gasteiger partial charge in [0, 0.05) is 128 Å². The first-order valence-corrected chi connectivity index (χ1v) is 30.9. The Morgan fingerprint density at radius 3 is 1.14 bits per heavy atom. The highest BCUT2D eigenvalue weighted by atomic mass is 16.9. The molecule has 7 aromatic heterocycles. The van der Waals surface area contributed by atoms with Gasteiger partial charge in [0.15, 0.2) is 40.3 Å². The topological polar surface area (TPSA) is 484 Å². The lowest BCUT2D eigenvalue weighted by molar-refractivity contribution is -0.340. The van der Waals surface area contributed by atoms with Crippen molar-refractivity contribution in [3.05, 3.63) is 197 Å². The third kappa shape index (κ3) is 23.1. The van der Waals surface area contributed by atoms with Crippen LogP contribution in [0, 0.1) is 27.7 Å². The Hall–Kier alpha value is -12.4. The van der Waals surface area contributed by atoms with Crippen LogP contribution in [0.4, 0.5) is 69.0 Å². The molecule has 0 fully saturated rings. The maximum absolute atomic E-state index is 12.4. The maximum Gasteiger partial charge on any atom is 0.338 e. The lowest BCUT2D eigenvalue weighted by atomic mass is 10.0. The summed E-state index contributed by atoms with van der Waals surface area (Å²) in [5.41, 5.74) is 13.3. The molecule has 0 radical (unpaired) electrons. The summed E-state index contributed by atoms with van der Waals surface area (Å²) in [5, 5.41) is 66.4. The number of hydrogen-bond acceptors (Lipinski definition) is 31. The van der Waals surface area contributed by atoms with Crippen molar-refractivity contribution in [3.63, 3.8) is 0 Å². The van der Waals surface area contributed by atoms with E-state index in [9.17, 15) is 24.0 Å². The van der Waals surface area contributed by atoms with E-state index in [1.807, 2.05) is 62.4 Å². The van der Waals surface area contributed by atoms with Gasteiger partial charge in [-0.25, -0.2) is 19.7 Å². The van der Waals surface area contributed by atoms with Gasteiger partial charge in [0.1, 0.15) is 17.5 Å². The van der Waals surface area contributed by atoms with Crippen LogP contribution in [-0.2, 0) is 18.9 Å². The fraction of sp³-hybridized carbons (Fsp3) is 0.235.